The first-order valence-electron chi connectivity index (χ1n) is 0.612. The molecule has 0 rings (SSSR count). The normalized spacial score (nSPS) is 3.43. The van der Waals surface area contributed by atoms with Gasteiger partial charge in [0.2, 0.25) is 0 Å². The Hall–Kier alpha value is 1.06. The summed E-state index contributed by atoms with van der Waals surface area (Å²) in [5, 5.41) is 16.7. The van der Waals surface area contributed by atoms with E-state index in [1.807, 2.05) is 0 Å². The van der Waals surface area contributed by atoms with Crippen LogP contribution in [0.15, 0.2) is 0 Å². The van der Waals surface area contributed by atoms with E-state index in [0.29, 0.717) is 0 Å². The summed E-state index contributed by atoms with van der Waals surface area (Å²) >= 11 is 0. The molecule has 0 N–H and O–H groups in total. The molecule has 0 aliphatic rings. The van der Waals surface area contributed by atoms with Crippen LogP contribution in [-0.2, 0) is 0 Å². The van der Waals surface area contributed by atoms with Crippen LogP contribution < -0.4 is 33.8 Å². The van der Waals surface area contributed by atoms with Gasteiger partial charge in [0.05, 0.1) is 0 Å². The summed E-state index contributed by atoms with van der Waals surface area (Å²) in [7, 11) is 0. The van der Waals surface area contributed by atoms with E-state index in [-0.39, 0.29) is 61.3 Å². The third-order valence-corrected chi connectivity index (χ3v) is 0. The van der Waals surface area contributed by atoms with Gasteiger partial charge in [-0.15, -0.1) is 0 Å². The van der Waals surface area contributed by atoms with Crippen LogP contribution in [0, 0.1) is 0 Å². The van der Waals surface area contributed by atoms with Gasteiger partial charge >= 0.3 is 56.6 Å². The maximum absolute atomic E-state index is 8.33. The Balaban J connectivity index is -0.0000000150. The van der Waals surface area contributed by atoms with Gasteiger partial charge in [0, 0.05) is 0 Å². The Morgan fingerprint density at radius 3 is 1.29 bits per heavy atom. The zero-order valence-electron chi connectivity index (χ0n) is 3.81. The van der Waals surface area contributed by atoms with Crippen molar-refractivity contribution in [1.29, 1.82) is 0 Å². The molecule has 0 heterocycles. The molecule has 0 aromatic heterocycles. The zero-order valence-corrected chi connectivity index (χ0v) is 6.02. The van der Waals surface area contributed by atoms with Gasteiger partial charge in [0.25, 0.3) is 0 Å². The molecule has 7 heavy (non-hydrogen) atoms. The molecule has 0 fully saturated rings. The minimum absolute atomic E-state index is 0. The number of rotatable bonds is 0. The number of hydrogen-bond donors (Lipinski definition) is 0. The fraction of sp³-hybridized carbons (Fsp3) is 0. The third-order valence-electron chi connectivity index (χ3n) is 0. The SMILES string of the molecule is O=C([O-])[O-].[Ca+2].[F-].[Li+]. The van der Waals surface area contributed by atoms with Gasteiger partial charge in [-0.3, -0.25) is 0 Å². The van der Waals surface area contributed by atoms with Crippen molar-refractivity contribution in [1.82, 2.24) is 0 Å². The maximum atomic E-state index is 8.33. The number of halogens is 1. The molecule has 0 spiro atoms. The van der Waals surface area contributed by atoms with Crippen molar-refractivity contribution < 1.29 is 38.6 Å². The van der Waals surface area contributed by atoms with Crippen molar-refractivity contribution in [2.75, 3.05) is 0 Å². The van der Waals surface area contributed by atoms with Gasteiger partial charge in [0.15, 0.2) is 0 Å². The van der Waals surface area contributed by atoms with E-state index >= 15 is 0 Å². The van der Waals surface area contributed by atoms with Crippen LogP contribution in [-0.4, -0.2) is 43.9 Å². The Bertz CT molecular complexity index is 37.9. The van der Waals surface area contributed by atoms with Crippen LogP contribution in [0.25, 0.3) is 0 Å². The van der Waals surface area contributed by atoms with E-state index in [9.17, 15) is 0 Å². The Morgan fingerprint density at radius 2 is 1.29 bits per heavy atom. The van der Waals surface area contributed by atoms with E-state index in [2.05, 4.69) is 0 Å². The third kappa shape index (κ3) is 161. The van der Waals surface area contributed by atoms with Crippen LogP contribution in [0.2, 0.25) is 0 Å². The largest absolute Gasteiger partial charge is 2.00 e. The van der Waals surface area contributed by atoms with E-state index in [1.54, 1.807) is 0 Å². The van der Waals surface area contributed by atoms with Gasteiger partial charge in [-0.05, 0) is 6.16 Å². The van der Waals surface area contributed by atoms with Crippen LogP contribution >= 0.6 is 0 Å². The van der Waals surface area contributed by atoms with Crippen LogP contribution in [0.1, 0.15) is 0 Å². The Labute approximate surface area is 81.6 Å². The molecular weight excluding hydrogens is 126 g/mol. The predicted molar refractivity (Wildman–Crippen MR) is 11.1 cm³/mol. The van der Waals surface area contributed by atoms with Crippen LogP contribution in [0.4, 0.5) is 4.79 Å². The summed E-state index contributed by atoms with van der Waals surface area (Å²) in [6.07, 6.45) is -2.33. The summed E-state index contributed by atoms with van der Waals surface area (Å²) < 4.78 is 0. The molecule has 32 valence electrons. The van der Waals surface area contributed by atoms with Gasteiger partial charge in [0.1, 0.15) is 0 Å². The molecule has 3 nitrogen and oxygen atoms in total. The molecule has 0 bridgehead atoms. The second kappa shape index (κ2) is 15.7. The van der Waals surface area contributed by atoms with Crippen LogP contribution in [0.3, 0.4) is 0 Å². The van der Waals surface area contributed by atoms with E-state index in [1.165, 1.54) is 0 Å². The van der Waals surface area contributed by atoms with Crippen molar-refractivity contribution in [2.24, 2.45) is 0 Å². The second-order valence-electron chi connectivity index (χ2n) is 0.250. The molecule has 0 unspecified atom stereocenters. The molecule has 6 heteroatoms. The molecule has 0 aromatic carbocycles. The summed E-state index contributed by atoms with van der Waals surface area (Å²) in [6, 6.07) is 0. The number of carboxylic acid groups (broad SMARTS) is 2. The van der Waals surface area contributed by atoms with Crippen molar-refractivity contribution >= 4 is 43.9 Å². The first kappa shape index (κ1) is 24.4. The minimum atomic E-state index is -2.33. The fourth-order valence-corrected chi connectivity index (χ4v) is 0. The van der Waals surface area contributed by atoms with Crippen molar-refractivity contribution in [3.63, 3.8) is 0 Å². The molecule has 0 radical (unpaired) electrons. The smallest absolute Gasteiger partial charge is 1.00 e. The average Bonchev–Trinajstić information content (AvgIpc) is 0.811. The van der Waals surface area contributed by atoms with Gasteiger partial charge in [-0.25, -0.2) is 0 Å². The molecule has 0 aliphatic heterocycles. The Morgan fingerprint density at radius 1 is 1.29 bits per heavy atom. The molecular formula is CCaFLiO3. The minimum Gasteiger partial charge on any atom is -1.00 e. The Kier molecular flexibility index (Phi) is 54.8. The number of carbonyl (C=O) groups excluding carboxylic acids is 1. The first-order chi connectivity index (χ1) is 1.73. The molecule has 0 saturated heterocycles. The maximum Gasteiger partial charge on any atom is 2.00 e. The van der Waals surface area contributed by atoms with Crippen molar-refractivity contribution in [2.45, 2.75) is 0 Å². The van der Waals surface area contributed by atoms with E-state index < -0.39 is 6.16 Å². The summed E-state index contributed by atoms with van der Waals surface area (Å²) in [5.74, 6) is 0. The van der Waals surface area contributed by atoms with E-state index in [4.69, 9.17) is 15.0 Å². The fourth-order valence-electron chi connectivity index (χ4n) is 0. The van der Waals surface area contributed by atoms with Gasteiger partial charge < -0.3 is 19.7 Å². The number of carbonyl (C=O) groups is 1. The number of hydrogen-bond acceptors (Lipinski definition) is 3. The molecule has 0 aliphatic carbocycles. The van der Waals surface area contributed by atoms with Crippen molar-refractivity contribution in [3.8, 4) is 0 Å². The summed E-state index contributed by atoms with van der Waals surface area (Å²) in [6.45, 7) is 0. The topological polar surface area (TPSA) is 63.2 Å². The zero-order chi connectivity index (χ0) is 3.58. The quantitative estimate of drug-likeness (QED) is 0.303. The molecule has 0 saturated carbocycles. The summed E-state index contributed by atoms with van der Waals surface area (Å²) in [5.41, 5.74) is 0. The first-order valence-corrected chi connectivity index (χ1v) is 0.612. The summed E-state index contributed by atoms with van der Waals surface area (Å²) in [4.78, 5) is 8.33. The molecule has 0 amide bonds. The van der Waals surface area contributed by atoms with Crippen LogP contribution in [0.5, 0.6) is 0 Å². The second-order valence-corrected chi connectivity index (χ2v) is 0.250. The predicted octanol–water partition coefficient (Wildman–Crippen LogP) is -8.82. The molecule has 0 aromatic rings. The van der Waals surface area contributed by atoms with Gasteiger partial charge in [-0.2, -0.15) is 0 Å². The standard InChI is InChI=1S/CH2O3.Ca.FH.Li/c2-1(3)4;;;/h(H2,2,3,4);;1H;/q;+2;;+1/p-3. The van der Waals surface area contributed by atoms with E-state index in [0.717, 1.165) is 0 Å². The van der Waals surface area contributed by atoms with Gasteiger partial charge in [-0.1, -0.05) is 0 Å². The molecule has 0 atom stereocenters. The monoisotopic (exact) mass is 126 g/mol. The van der Waals surface area contributed by atoms with Crippen molar-refractivity contribution in [3.05, 3.63) is 0 Å². The average molecular weight is 126 g/mol.